The summed E-state index contributed by atoms with van der Waals surface area (Å²) in [5.41, 5.74) is 0.259. The van der Waals surface area contributed by atoms with Crippen molar-refractivity contribution in [3.63, 3.8) is 0 Å². The van der Waals surface area contributed by atoms with Crippen molar-refractivity contribution in [1.82, 2.24) is 20.2 Å². The van der Waals surface area contributed by atoms with Crippen LogP contribution in [0.3, 0.4) is 0 Å². The molecule has 0 bridgehead atoms. The van der Waals surface area contributed by atoms with Crippen LogP contribution >= 0.6 is 15.9 Å². The van der Waals surface area contributed by atoms with Gasteiger partial charge in [-0.3, -0.25) is 19.8 Å². The first-order chi connectivity index (χ1) is 16.4. The SMILES string of the molecule is O=C(CN1CCCC1)NCCOc1cc2ncnc(Nc3ccc(Br)cc3F)c2cc1[N+](=O)[O-]. The normalized spacial score (nSPS) is 13.7. The Morgan fingerprint density at radius 2 is 2.03 bits per heavy atom. The third kappa shape index (κ3) is 5.75. The number of hydrogen-bond acceptors (Lipinski definition) is 8. The van der Waals surface area contributed by atoms with Crippen molar-refractivity contribution in [1.29, 1.82) is 0 Å². The molecule has 1 aromatic heterocycles. The largest absolute Gasteiger partial charge is 0.485 e. The molecule has 2 aromatic carbocycles. The average Bonchev–Trinajstić information content (AvgIpc) is 3.31. The lowest BCUT2D eigenvalue weighted by atomic mass is 10.2. The Balaban J connectivity index is 1.47. The number of nitrogens with one attached hydrogen (secondary N) is 2. The highest BCUT2D eigenvalue weighted by molar-refractivity contribution is 9.10. The second-order valence-electron chi connectivity index (χ2n) is 7.75. The van der Waals surface area contributed by atoms with Crippen LogP contribution < -0.4 is 15.4 Å². The third-order valence-electron chi connectivity index (χ3n) is 5.34. The Morgan fingerprint density at radius 3 is 2.76 bits per heavy atom. The van der Waals surface area contributed by atoms with Crippen LogP contribution in [0.25, 0.3) is 10.9 Å². The molecule has 10 nitrogen and oxygen atoms in total. The van der Waals surface area contributed by atoms with E-state index in [1.54, 1.807) is 6.07 Å². The van der Waals surface area contributed by atoms with E-state index in [0.717, 1.165) is 25.9 Å². The van der Waals surface area contributed by atoms with Gasteiger partial charge >= 0.3 is 5.69 Å². The molecule has 0 aliphatic carbocycles. The van der Waals surface area contributed by atoms with Crippen LogP contribution in [0.15, 0.2) is 41.1 Å². The number of rotatable bonds is 9. The number of carbonyl (C=O) groups excluding carboxylic acids is 1. The maximum Gasteiger partial charge on any atom is 0.311 e. The molecular weight excluding hydrogens is 511 g/mol. The van der Waals surface area contributed by atoms with Crippen LogP contribution in [0.2, 0.25) is 0 Å². The first-order valence-corrected chi connectivity index (χ1v) is 11.5. The number of anilines is 2. The van der Waals surface area contributed by atoms with Crippen molar-refractivity contribution in [2.75, 3.05) is 38.1 Å². The first-order valence-electron chi connectivity index (χ1n) is 10.7. The van der Waals surface area contributed by atoms with Crippen molar-refractivity contribution in [3.05, 3.63) is 57.1 Å². The van der Waals surface area contributed by atoms with Gasteiger partial charge in [-0.2, -0.15) is 0 Å². The van der Waals surface area contributed by atoms with Gasteiger partial charge in [-0.15, -0.1) is 0 Å². The van der Waals surface area contributed by atoms with Gasteiger partial charge in [0, 0.05) is 16.6 Å². The molecule has 2 heterocycles. The lowest BCUT2D eigenvalue weighted by molar-refractivity contribution is -0.385. The van der Waals surface area contributed by atoms with Gasteiger partial charge in [-0.25, -0.2) is 14.4 Å². The number of benzene rings is 2. The molecule has 0 unspecified atom stereocenters. The summed E-state index contributed by atoms with van der Waals surface area (Å²) in [6.45, 7) is 2.43. The quantitative estimate of drug-likeness (QED) is 0.242. The summed E-state index contributed by atoms with van der Waals surface area (Å²) in [4.78, 5) is 33.5. The number of aromatic nitrogens is 2. The Kier molecular flexibility index (Phi) is 7.48. The van der Waals surface area contributed by atoms with E-state index < -0.39 is 10.7 Å². The summed E-state index contributed by atoms with van der Waals surface area (Å²) in [5, 5.41) is 17.6. The van der Waals surface area contributed by atoms with Crippen LogP contribution in [0, 0.1) is 15.9 Å². The van der Waals surface area contributed by atoms with E-state index in [9.17, 15) is 19.3 Å². The molecule has 1 aliphatic heterocycles. The number of ether oxygens (including phenoxy) is 1. The van der Waals surface area contributed by atoms with Gasteiger partial charge in [0.1, 0.15) is 24.6 Å². The number of nitro groups is 1. The van der Waals surface area contributed by atoms with E-state index in [4.69, 9.17) is 4.74 Å². The fourth-order valence-corrected chi connectivity index (χ4v) is 4.03. The highest BCUT2D eigenvalue weighted by Crippen LogP contribution is 2.35. The van der Waals surface area contributed by atoms with Crippen molar-refractivity contribution in [3.8, 4) is 5.75 Å². The molecule has 178 valence electrons. The highest BCUT2D eigenvalue weighted by Gasteiger charge is 2.20. The van der Waals surface area contributed by atoms with Crippen LogP contribution in [0.4, 0.5) is 21.6 Å². The fraction of sp³-hybridized carbons (Fsp3) is 0.318. The Bertz CT molecular complexity index is 1220. The number of likely N-dealkylation sites (tertiary alicyclic amines) is 1. The lowest BCUT2D eigenvalue weighted by Gasteiger charge is -2.14. The molecular formula is C22H22BrFN6O4. The second-order valence-corrected chi connectivity index (χ2v) is 8.66. The molecule has 1 saturated heterocycles. The van der Waals surface area contributed by atoms with E-state index in [2.05, 4.69) is 41.4 Å². The van der Waals surface area contributed by atoms with Crippen LogP contribution in [0.5, 0.6) is 5.75 Å². The highest BCUT2D eigenvalue weighted by atomic mass is 79.9. The predicted octanol–water partition coefficient (Wildman–Crippen LogP) is 3.77. The summed E-state index contributed by atoms with van der Waals surface area (Å²) < 4.78 is 20.4. The number of amides is 1. The molecule has 1 amide bonds. The van der Waals surface area contributed by atoms with Gasteiger partial charge in [-0.05, 0) is 44.1 Å². The maximum atomic E-state index is 14.3. The zero-order valence-corrected chi connectivity index (χ0v) is 19.7. The van der Waals surface area contributed by atoms with Gasteiger partial charge in [-0.1, -0.05) is 15.9 Å². The fourth-order valence-electron chi connectivity index (χ4n) is 3.70. The van der Waals surface area contributed by atoms with Gasteiger partial charge in [0.15, 0.2) is 5.75 Å². The maximum absolute atomic E-state index is 14.3. The topological polar surface area (TPSA) is 123 Å². The predicted molar refractivity (Wildman–Crippen MR) is 128 cm³/mol. The molecule has 1 aliphatic rings. The second kappa shape index (κ2) is 10.7. The van der Waals surface area contributed by atoms with E-state index in [-0.39, 0.29) is 42.0 Å². The Hall–Kier alpha value is -3.38. The molecule has 2 N–H and O–H groups in total. The van der Waals surface area contributed by atoms with Gasteiger partial charge in [0.25, 0.3) is 0 Å². The average molecular weight is 533 g/mol. The number of carbonyl (C=O) groups is 1. The molecule has 34 heavy (non-hydrogen) atoms. The number of halogens is 2. The van der Waals surface area contributed by atoms with E-state index >= 15 is 0 Å². The minimum Gasteiger partial charge on any atom is -0.485 e. The molecule has 0 atom stereocenters. The van der Waals surface area contributed by atoms with Crippen molar-refractivity contribution in [2.24, 2.45) is 0 Å². The molecule has 12 heteroatoms. The van der Waals surface area contributed by atoms with E-state index in [1.165, 1.54) is 30.6 Å². The van der Waals surface area contributed by atoms with Crippen molar-refractivity contribution in [2.45, 2.75) is 12.8 Å². The standard InChI is InChI=1S/C22H22BrFN6O4/c23-14-3-4-17(16(24)9-14)28-22-15-10-19(30(32)33)20(11-18(15)26-13-27-22)34-8-5-25-21(31)12-29-6-1-2-7-29/h3-4,9-11,13H,1-2,5-8,12H2,(H,25,31)(H,26,27,28). The Morgan fingerprint density at radius 1 is 1.24 bits per heavy atom. The van der Waals surface area contributed by atoms with Crippen LogP contribution in [0.1, 0.15) is 12.8 Å². The zero-order valence-electron chi connectivity index (χ0n) is 18.1. The summed E-state index contributed by atoms with van der Waals surface area (Å²) in [6.07, 6.45) is 3.47. The molecule has 4 rings (SSSR count). The monoisotopic (exact) mass is 532 g/mol. The molecule has 1 fully saturated rings. The molecule has 0 spiro atoms. The van der Waals surface area contributed by atoms with E-state index in [0.29, 0.717) is 21.9 Å². The molecule has 0 radical (unpaired) electrons. The summed E-state index contributed by atoms with van der Waals surface area (Å²) in [5.74, 6) is -0.384. The number of nitrogens with zero attached hydrogens (tertiary/aromatic N) is 4. The van der Waals surface area contributed by atoms with Crippen LogP contribution in [-0.2, 0) is 4.79 Å². The first kappa shape index (κ1) is 23.8. The summed E-state index contributed by atoms with van der Waals surface area (Å²) >= 11 is 3.20. The summed E-state index contributed by atoms with van der Waals surface area (Å²) in [7, 11) is 0. The zero-order chi connectivity index (χ0) is 24.1. The number of nitro benzene ring substituents is 1. The smallest absolute Gasteiger partial charge is 0.311 e. The van der Waals surface area contributed by atoms with Crippen molar-refractivity contribution < 1.29 is 18.8 Å². The van der Waals surface area contributed by atoms with E-state index in [1.807, 2.05) is 0 Å². The van der Waals surface area contributed by atoms with Crippen LogP contribution in [-0.4, -0.2) is 58.5 Å². The van der Waals surface area contributed by atoms with Gasteiger partial charge < -0.3 is 15.4 Å². The Labute approximate surface area is 202 Å². The lowest BCUT2D eigenvalue weighted by Crippen LogP contribution is -2.37. The minimum atomic E-state index is -0.572. The van der Waals surface area contributed by atoms with Gasteiger partial charge in [0.2, 0.25) is 5.91 Å². The molecule has 3 aromatic rings. The third-order valence-corrected chi connectivity index (χ3v) is 5.84. The molecule has 0 saturated carbocycles. The summed E-state index contributed by atoms with van der Waals surface area (Å²) in [6, 6.07) is 7.20. The van der Waals surface area contributed by atoms with Crippen molar-refractivity contribution >= 4 is 49.9 Å². The number of fused-ring (bicyclic) bond motifs is 1. The number of hydrogen-bond donors (Lipinski definition) is 2. The van der Waals surface area contributed by atoms with Gasteiger partial charge in [0.05, 0.1) is 34.6 Å². The minimum absolute atomic E-state index is 0.0192.